The second-order valence-electron chi connectivity index (χ2n) is 8.81. The summed E-state index contributed by atoms with van der Waals surface area (Å²) in [5.74, 6) is 0.806. The fourth-order valence-electron chi connectivity index (χ4n) is 4.64. The van der Waals surface area contributed by atoms with Gasteiger partial charge in [-0.25, -0.2) is 0 Å². The summed E-state index contributed by atoms with van der Waals surface area (Å²) in [4.78, 5) is 18.2. The van der Waals surface area contributed by atoms with Crippen LogP contribution < -0.4 is 15.6 Å². The molecule has 0 unspecified atom stereocenters. The number of ether oxygens (including phenoxy) is 1. The first-order valence-corrected chi connectivity index (χ1v) is 12.4. The van der Waals surface area contributed by atoms with Crippen LogP contribution in [0.15, 0.2) is 59.4 Å². The maximum atomic E-state index is 13.0. The van der Waals surface area contributed by atoms with Gasteiger partial charge in [0.25, 0.3) is 5.56 Å². The van der Waals surface area contributed by atoms with Crippen LogP contribution in [0.25, 0.3) is 10.9 Å². The quantitative estimate of drug-likeness (QED) is 0.440. The fourth-order valence-corrected chi connectivity index (χ4v) is 5.03. The van der Waals surface area contributed by atoms with Gasteiger partial charge in [-0.2, -0.15) is 0 Å². The van der Waals surface area contributed by atoms with E-state index in [1.165, 1.54) is 24.8 Å². The van der Waals surface area contributed by atoms with Crippen molar-refractivity contribution >= 4 is 28.2 Å². The summed E-state index contributed by atoms with van der Waals surface area (Å²) in [5, 5.41) is 5.20. The van der Waals surface area contributed by atoms with Gasteiger partial charge < -0.3 is 19.9 Å². The first-order chi connectivity index (χ1) is 16.0. The number of thiocarbonyl (C=S) groups is 1. The number of fused-ring (bicyclic) bond motifs is 1. The van der Waals surface area contributed by atoms with Crippen LogP contribution in [0.4, 0.5) is 0 Å². The molecule has 174 valence electrons. The van der Waals surface area contributed by atoms with Gasteiger partial charge in [0, 0.05) is 22.5 Å². The molecule has 4 rings (SSSR count). The van der Waals surface area contributed by atoms with Crippen LogP contribution in [0.1, 0.15) is 63.1 Å². The van der Waals surface area contributed by atoms with Gasteiger partial charge in [0.15, 0.2) is 5.11 Å². The number of pyridine rings is 1. The van der Waals surface area contributed by atoms with Crippen LogP contribution in [0.2, 0.25) is 0 Å². The summed E-state index contributed by atoms with van der Waals surface area (Å²) in [6.45, 7) is 5.19. The van der Waals surface area contributed by atoms with Crippen molar-refractivity contribution in [1.29, 1.82) is 0 Å². The predicted octanol–water partition coefficient (Wildman–Crippen LogP) is 5.70. The Kier molecular flexibility index (Phi) is 7.65. The summed E-state index contributed by atoms with van der Waals surface area (Å²) in [5.41, 5.74) is 2.66. The van der Waals surface area contributed by atoms with Gasteiger partial charge in [-0.05, 0) is 68.7 Å². The zero-order chi connectivity index (χ0) is 23.2. The van der Waals surface area contributed by atoms with E-state index in [-0.39, 0.29) is 11.6 Å². The Morgan fingerprint density at radius 3 is 2.64 bits per heavy atom. The summed E-state index contributed by atoms with van der Waals surface area (Å²) >= 11 is 5.91. The van der Waals surface area contributed by atoms with Crippen molar-refractivity contribution in [3.8, 4) is 5.75 Å². The normalized spacial score (nSPS) is 15.2. The molecule has 1 fully saturated rings. The molecule has 0 amide bonds. The summed E-state index contributed by atoms with van der Waals surface area (Å²) in [6, 6.07) is 18.5. The minimum atomic E-state index is -0.0635. The number of rotatable bonds is 7. The van der Waals surface area contributed by atoms with E-state index in [1.54, 1.807) is 0 Å². The van der Waals surface area contributed by atoms with E-state index in [4.69, 9.17) is 17.0 Å². The van der Waals surface area contributed by atoms with Gasteiger partial charge in [-0.3, -0.25) is 4.79 Å². The molecule has 6 heteroatoms. The van der Waals surface area contributed by atoms with Crippen LogP contribution in [0, 0.1) is 0 Å². The van der Waals surface area contributed by atoms with E-state index < -0.39 is 0 Å². The molecule has 0 aliphatic heterocycles. The maximum Gasteiger partial charge on any atom is 0.253 e. The molecule has 33 heavy (non-hydrogen) atoms. The van der Waals surface area contributed by atoms with Crippen molar-refractivity contribution in [3.05, 3.63) is 76.1 Å². The molecule has 0 bridgehead atoms. The average molecular weight is 464 g/mol. The molecule has 5 nitrogen and oxygen atoms in total. The number of hydrogen-bond donors (Lipinski definition) is 2. The van der Waals surface area contributed by atoms with Crippen LogP contribution >= 0.6 is 12.2 Å². The second-order valence-corrected chi connectivity index (χ2v) is 9.19. The van der Waals surface area contributed by atoms with Crippen molar-refractivity contribution in [2.75, 3.05) is 6.61 Å². The monoisotopic (exact) mass is 463 g/mol. The summed E-state index contributed by atoms with van der Waals surface area (Å²) in [7, 11) is 0. The predicted molar refractivity (Wildman–Crippen MR) is 139 cm³/mol. The molecule has 1 aromatic heterocycles. The van der Waals surface area contributed by atoms with Crippen LogP contribution in [0.3, 0.4) is 0 Å². The van der Waals surface area contributed by atoms with Crippen molar-refractivity contribution in [3.63, 3.8) is 0 Å². The average Bonchev–Trinajstić information content (AvgIpc) is 2.84. The van der Waals surface area contributed by atoms with Gasteiger partial charge in [0.1, 0.15) is 5.75 Å². The van der Waals surface area contributed by atoms with Crippen molar-refractivity contribution in [1.82, 2.24) is 15.2 Å². The van der Waals surface area contributed by atoms with E-state index in [0.717, 1.165) is 35.1 Å². The van der Waals surface area contributed by atoms with Gasteiger partial charge >= 0.3 is 0 Å². The number of nitrogens with zero attached hydrogens (tertiary/aromatic N) is 1. The number of benzene rings is 2. The molecule has 0 spiro atoms. The molecule has 1 heterocycles. The number of aromatic nitrogens is 1. The fraction of sp³-hybridized carbons (Fsp3) is 0.407. The van der Waals surface area contributed by atoms with Crippen LogP contribution in [0.5, 0.6) is 5.75 Å². The van der Waals surface area contributed by atoms with Gasteiger partial charge in [0.2, 0.25) is 0 Å². The third-order valence-corrected chi connectivity index (χ3v) is 6.81. The zero-order valence-electron chi connectivity index (χ0n) is 19.5. The standard InChI is InChI=1S/C27H33N3O2S/c1-3-32-24-14-15-25-21(17-24)16-22(26(31)29-25)18-30(23-12-8-5-9-13-23)27(33)28-19(2)20-10-6-4-7-11-20/h4,6-7,10-11,14-17,19,23H,3,5,8-9,12-13,18H2,1-2H3,(H,28,33)(H,29,31)/t19-/m0/s1. The Morgan fingerprint density at radius 1 is 1.15 bits per heavy atom. The molecule has 1 atom stereocenters. The topological polar surface area (TPSA) is 57.4 Å². The van der Waals surface area contributed by atoms with Gasteiger partial charge in [-0.15, -0.1) is 0 Å². The molecule has 0 saturated heterocycles. The third kappa shape index (κ3) is 5.74. The third-order valence-electron chi connectivity index (χ3n) is 6.46. The number of H-pyrrole nitrogens is 1. The first kappa shape index (κ1) is 23.3. The Balaban J connectivity index is 1.60. The first-order valence-electron chi connectivity index (χ1n) is 12.0. The smallest absolute Gasteiger partial charge is 0.253 e. The van der Waals surface area contributed by atoms with Crippen molar-refractivity contribution in [2.24, 2.45) is 0 Å². The van der Waals surface area contributed by atoms with Gasteiger partial charge in [0.05, 0.1) is 19.2 Å². The molecule has 2 N–H and O–H groups in total. The minimum absolute atomic E-state index is 0.0635. The number of aromatic amines is 1. The highest BCUT2D eigenvalue weighted by Crippen LogP contribution is 2.26. The highest BCUT2D eigenvalue weighted by Gasteiger charge is 2.25. The lowest BCUT2D eigenvalue weighted by molar-refractivity contribution is 0.233. The molecule has 3 aromatic rings. The van der Waals surface area contributed by atoms with Crippen LogP contribution in [-0.2, 0) is 6.54 Å². The second kappa shape index (κ2) is 10.8. The van der Waals surface area contributed by atoms with E-state index in [2.05, 4.69) is 34.3 Å². The Hall–Kier alpha value is -2.86. The van der Waals surface area contributed by atoms with E-state index in [1.807, 2.05) is 49.4 Å². The maximum absolute atomic E-state index is 13.0. The minimum Gasteiger partial charge on any atom is -0.494 e. The van der Waals surface area contributed by atoms with E-state index >= 15 is 0 Å². The lowest BCUT2D eigenvalue weighted by atomic mass is 9.94. The molecular formula is C27H33N3O2S. The van der Waals surface area contributed by atoms with Gasteiger partial charge in [-0.1, -0.05) is 49.6 Å². The zero-order valence-corrected chi connectivity index (χ0v) is 20.3. The Labute approximate surface area is 201 Å². The molecular weight excluding hydrogens is 430 g/mol. The largest absolute Gasteiger partial charge is 0.494 e. The molecule has 2 aromatic carbocycles. The highest BCUT2D eigenvalue weighted by molar-refractivity contribution is 7.80. The molecule has 0 radical (unpaired) electrons. The van der Waals surface area contributed by atoms with E-state index in [9.17, 15) is 4.79 Å². The lowest BCUT2D eigenvalue weighted by Gasteiger charge is -2.37. The Morgan fingerprint density at radius 2 is 1.91 bits per heavy atom. The number of nitrogens with one attached hydrogen (secondary N) is 2. The van der Waals surface area contributed by atoms with Crippen LogP contribution in [-0.4, -0.2) is 27.6 Å². The van der Waals surface area contributed by atoms with Crippen molar-refractivity contribution in [2.45, 2.75) is 64.6 Å². The lowest BCUT2D eigenvalue weighted by Crippen LogP contribution is -2.47. The SMILES string of the molecule is CCOc1ccc2[nH]c(=O)c(CN(C(=S)N[C@@H](C)c3ccccc3)C3CCCCC3)cc2c1. The number of hydrogen-bond acceptors (Lipinski definition) is 3. The van der Waals surface area contributed by atoms with Crippen molar-refractivity contribution < 1.29 is 4.74 Å². The molecule has 1 aliphatic rings. The summed E-state index contributed by atoms with van der Waals surface area (Å²) in [6.07, 6.45) is 5.86. The Bertz CT molecular complexity index is 1140. The van der Waals surface area contributed by atoms with E-state index in [0.29, 0.717) is 24.3 Å². The molecule has 1 aliphatic carbocycles. The highest BCUT2D eigenvalue weighted by atomic mass is 32.1. The molecule has 1 saturated carbocycles. The summed E-state index contributed by atoms with van der Waals surface area (Å²) < 4.78 is 5.65.